The van der Waals surface area contributed by atoms with Crippen LogP contribution < -0.4 is 16.0 Å². The average molecular weight is 604 g/mol. The van der Waals surface area contributed by atoms with E-state index in [2.05, 4.69) is 67.9 Å². The number of fused-ring (bicyclic) bond motifs is 1. The summed E-state index contributed by atoms with van der Waals surface area (Å²) in [7, 11) is 0. The summed E-state index contributed by atoms with van der Waals surface area (Å²) in [6, 6.07) is 0.793. The standard InChI is InChI=1S/C34H45N5O5/c1-7-10-25-29-24(32(41)36-19-27(35)40)18-26(30-31(29)34(43)39(33(30)42)28-17-23(6)44-37-28)38(25)16-15-22(5)14-9-13-21(4)12-8-11-20(2)3/h7,11,13,15,17-18,25-26,29-31H,1,8-10,12,14,16,19H2,2-6H3,(H2,35,40)(H,36,41)/b21-13+,22-15+. The van der Waals surface area contributed by atoms with E-state index >= 15 is 0 Å². The molecule has 4 amide bonds. The number of piperidine rings is 1. The molecule has 1 aromatic rings. The summed E-state index contributed by atoms with van der Waals surface area (Å²) in [4.78, 5) is 55.8. The SMILES string of the molecule is C=CCC1C2C(C(=O)NCC(N)=O)=CC(C3C(=O)N(c4cc(C)on4)C(=O)C32)N1C/C=C(\C)CC/C=C(\C)CCC=C(C)C. The molecule has 2 fully saturated rings. The summed E-state index contributed by atoms with van der Waals surface area (Å²) < 4.78 is 5.18. The van der Waals surface area contributed by atoms with Crippen molar-refractivity contribution < 1.29 is 23.7 Å². The molecule has 2 saturated heterocycles. The Balaban J connectivity index is 1.60. The van der Waals surface area contributed by atoms with Crippen molar-refractivity contribution in [1.82, 2.24) is 15.4 Å². The third-order valence-corrected chi connectivity index (χ3v) is 8.80. The number of nitrogens with zero attached hydrogens (tertiary/aromatic N) is 3. The van der Waals surface area contributed by atoms with Gasteiger partial charge in [-0.15, -0.1) is 6.58 Å². The van der Waals surface area contributed by atoms with Gasteiger partial charge >= 0.3 is 0 Å². The van der Waals surface area contributed by atoms with Gasteiger partial charge in [-0.1, -0.05) is 52.3 Å². The van der Waals surface area contributed by atoms with Gasteiger partial charge in [-0.2, -0.15) is 0 Å². The number of hydrogen-bond acceptors (Lipinski definition) is 7. The summed E-state index contributed by atoms with van der Waals surface area (Å²) in [5.41, 5.74) is 9.62. The van der Waals surface area contributed by atoms with Crippen LogP contribution in [0.2, 0.25) is 0 Å². The fourth-order valence-electron chi connectivity index (χ4n) is 6.71. The number of rotatable bonds is 14. The largest absolute Gasteiger partial charge is 0.368 e. The Morgan fingerprint density at radius 3 is 2.30 bits per heavy atom. The second kappa shape index (κ2) is 14.2. The Morgan fingerprint density at radius 2 is 1.68 bits per heavy atom. The number of anilines is 1. The number of nitrogens with two attached hydrogens (primary N) is 1. The zero-order valence-corrected chi connectivity index (χ0v) is 26.5. The lowest BCUT2D eigenvalue weighted by atomic mass is 9.62. The molecule has 5 atom stereocenters. The average Bonchev–Trinajstić information content (AvgIpc) is 3.50. The number of imide groups is 1. The molecule has 3 aliphatic heterocycles. The number of hydrogen-bond donors (Lipinski definition) is 2. The van der Waals surface area contributed by atoms with Crippen LogP contribution in [0.1, 0.15) is 65.6 Å². The minimum atomic E-state index is -0.755. The first kappa shape index (κ1) is 32.9. The van der Waals surface area contributed by atoms with Crippen LogP contribution in [0, 0.1) is 24.7 Å². The molecule has 4 heterocycles. The van der Waals surface area contributed by atoms with Crippen molar-refractivity contribution in [2.75, 3.05) is 18.0 Å². The van der Waals surface area contributed by atoms with Crippen LogP contribution in [0.15, 0.2) is 69.8 Å². The maximum absolute atomic E-state index is 13.9. The maximum Gasteiger partial charge on any atom is 0.247 e. The predicted molar refractivity (Wildman–Crippen MR) is 169 cm³/mol. The van der Waals surface area contributed by atoms with Crippen LogP contribution in [0.3, 0.4) is 0 Å². The predicted octanol–water partition coefficient (Wildman–Crippen LogP) is 4.29. The summed E-state index contributed by atoms with van der Waals surface area (Å²) >= 11 is 0. The van der Waals surface area contributed by atoms with E-state index in [-0.39, 0.29) is 24.3 Å². The Kier molecular flexibility index (Phi) is 10.6. The van der Waals surface area contributed by atoms with Crippen molar-refractivity contribution >= 4 is 29.4 Å². The van der Waals surface area contributed by atoms with E-state index in [4.69, 9.17) is 10.3 Å². The molecule has 4 aliphatic rings. The first-order chi connectivity index (χ1) is 20.9. The van der Waals surface area contributed by atoms with Gasteiger partial charge in [0.25, 0.3) is 0 Å². The minimum absolute atomic E-state index is 0.151. The zero-order valence-electron chi connectivity index (χ0n) is 26.5. The molecule has 236 valence electrons. The molecule has 5 unspecified atom stereocenters. The van der Waals surface area contributed by atoms with Gasteiger partial charge in [-0.05, 0) is 66.7 Å². The molecule has 10 nitrogen and oxygen atoms in total. The number of amides is 4. The van der Waals surface area contributed by atoms with Gasteiger partial charge in [0.2, 0.25) is 23.6 Å². The fraction of sp³-hybridized carbons (Fsp3) is 0.500. The number of allylic oxidation sites excluding steroid dienone is 5. The number of primary amides is 1. The smallest absolute Gasteiger partial charge is 0.247 e. The second-order valence-corrected chi connectivity index (χ2v) is 12.4. The molecule has 10 heteroatoms. The number of aromatic nitrogens is 1. The molecule has 0 radical (unpaired) electrons. The molecule has 44 heavy (non-hydrogen) atoms. The van der Waals surface area contributed by atoms with Crippen LogP contribution in [0.25, 0.3) is 0 Å². The summed E-state index contributed by atoms with van der Waals surface area (Å²) in [5.74, 6) is -3.28. The van der Waals surface area contributed by atoms with Gasteiger partial charge in [0.1, 0.15) is 5.76 Å². The maximum atomic E-state index is 13.9. The lowest BCUT2D eigenvalue weighted by molar-refractivity contribution is -0.133. The first-order valence-corrected chi connectivity index (χ1v) is 15.3. The van der Waals surface area contributed by atoms with Gasteiger partial charge in [0.05, 0.1) is 18.4 Å². The number of aryl methyl sites for hydroxylation is 1. The number of carbonyl (C=O) groups is 4. The highest BCUT2D eigenvalue weighted by Crippen LogP contribution is 2.52. The Morgan fingerprint density at radius 1 is 1.02 bits per heavy atom. The highest BCUT2D eigenvalue weighted by Gasteiger charge is 2.64. The summed E-state index contributed by atoms with van der Waals surface area (Å²) in [5, 5.41) is 6.53. The highest BCUT2D eigenvalue weighted by atomic mass is 16.5. The van der Waals surface area contributed by atoms with Gasteiger partial charge in [0.15, 0.2) is 5.82 Å². The topological polar surface area (TPSA) is 139 Å². The van der Waals surface area contributed by atoms with Crippen LogP contribution in [-0.4, -0.2) is 58.9 Å². The van der Waals surface area contributed by atoms with E-state index in [1.165, 1.54) is 16.7 Å². The van der Waals surface area contributed by atoms with Crippen LogP contribution >= 0.6 is 0 Å². The van der Waals surface area contributed by atoms with E-state index in [9.17, 15) is 19.2 Å². The molecule has 1 aliphatic carbocycles. The molecule has 5 rings (SSSR count). The molecular weight excluding hydrogens is 558 g/mol. The molecule has 0 spiro atoms. The molecule has 0 aromatic carbocycles. The summed E-state index contributed by atoms with van der Waals surface area (Å²) in [6.45, 7) is 14.4. The zero-order chi connectivity index (χ0) is 32.1. The van der Waals surface area contributed by atoms with Gasteiger partial charge in [-0.3, -0.25) is 24.1 Å². The number of carbonyl (C=O) groups excluding carboxylic acids is 4. The monoisotopic (exact) mass is 603 g/mol. The van der Waals surface area contributed by atoms with E-state index in [0.717, 1.165) is 30.6 Å². The molecule has 2 bridgehead atoms. The normalized spacial score (nSPS) is 25.2. The quantitative estimate of drug-likeness (QED) is 0.239. The Labute approximate surface area is 259 Å². The molecule has 3 N–H and O–H groups in total. The van der Waals surface area contributed by atoms with E-state index in [0.29, 0.717) is 24.3 Å². The Hall–Kier alpha value is -4.05. The lowest BCUT2D eigenvalue weighted by Gasteiger charge is -2.54. The first-order valence-electron chi connectivity index (χ1n) is 15.3. The van der Waals surface area contributed by atoms with Crippen LogP contribution in [-0.2, 0) is 19.2 Å². The molecule has 1 aromatic heterocycles. The third kappa shape index (κ3) is 7.01. The van der Waals surface area contributed by atoms with Crippen molar-refractivity contribution in [1.29, 1.82) is 0 Å². The van der Waals surface area contributed by atoms with Crippen molar-refractivity contribution in [3.05, 3.63) is 71.1 Å². The van der Waals surface area contributed by atoms with Crippen molar-refractivity contribution in [3.63, 3.8) is 0 Å². The van der Waals surface area contributed by atoms with Crippen LogP contribution in [0.4, 0.5) is 5.82 Å². The summed E-state index contributed by atoms with van der Waals surface area (Å²) in [6.07, 6.45) is 14.8. The van der Waals surface area contributed by atoms with Gasteiger partial charge < -0.3 is 15.6 Å². The third-order valence-electron chi connectivity index (χ3n) is 8.80. The molecule has 0 saturated carbocycles. The Bertz CT molecular complexity index is 1430. The van der Waals surface area contributed by atoms with E-state index in [1.54, 1.807) is 25.1 Å². The van der Waals surface area contributed by atoms with E-state index in [1.807, 2.05) is 0 Å². The van der Waals surface area contributed by atoms with Crippen LogP contribution in [0.5, 0.6) is 0 Å². The van der Waals surface area contributed by atoms with Gasteiger partial charge in [0, 0.05) is 36.2 Å². The minimum Gasteiger partial charge on any atom is -0.368 e. The lowest BCUT2D eigenvalue weighted by Crippen LogP contribution is -2.64. The second-order valence-electron chi connectivity index (χ2n) is 12.4. The van der Waals surface area contributed by atoms with Gasteiger partial charge in [-0.25, -0.2) is 4.90 Å². The highest BCUT2D eigenvalue weighted by molar-refractivity contribution is 6.22. The number of nitrogens with one attached hydrogen (secondary N) is 1. The fourth-order valence-corrected chi connectivity index (χ4v) is 6.71. The van der Waals surface area contributed by atoms with Crippen molar-refractivity contribution in [2.45, 2.75) is 78.8 Å². The van der Waals surface area contributed by atoms with E-state index < -0.39 is 41.5 Å². The van der Waals surface area contributed by atoms with Crippen molar-refractivity contribution in [2.24, 2.45) is 23.5 Å². The molecular formula is C34H45N5O5. The van der Waals surface area contributed by atoms with Crippen molar-refractivity contribution in [3.8, 4) is 0 Å².